The number of morpholine rings is 1. The minimum absolute atomic E-state index is 0.0169. The van der Waals surface area contributed by atoms with Crippen LogP contribution < -0.4 is 0 Å². The molecule has 1 amide bonds. The topological polar surface area (TPSA) is 58.6 Å². The van der Waals surface area contributed by atoms with Crippen LogP contribution in [0.5, 0.6) is 0 Å². The third-order valence-electron chi connectivity index (χ3n) is 4.39. The number of carbonyl (C=O) groups is 1. The van der Waals surface area contributed by atoms with Gasteiger partial charge in [-0.2, -0.15) is 0 Å². The Labute approximate surface area is 137 Å². The van der Waals surface area contributed by atoms with E-state index in [1.807, 2.05) is 18.7 Å². The quantitative estimate of drug-likeness (QED) is 0.818. The van der Waals surface area contributed by atoms with Gasteiger partial charge in [0.15, 0.2) is 0 Å². The zero-order valence-corrected chi connectivity index (χ0v) is 14.3. The molecule has 1 aliphatic carbocycles. The van der Waals surface area contributed by atoms with Gasteiger partial charge < -0.3 is 14.5 Å². The van der Waals surface area contributed by atoms with Crippen LogP contribution in [0.1, 0.15) is 34.8 Å². The normalized spacial score (nSPS) is 21.7. The summed E-state index contributed by atoms with van der Waals surface area (Å²) >= 11 is 0. The number of hydrogen-bond donors (Lipinski definition) is 0. The molecule has 23 heavy (non-hydrogen) atoms. The predicted octanol–water partition coefficient (Wildman–Crippen LogP) is 1.28. The molecule has 2 fully saturated rings. The molecule has 0 bridgehead atoms. The van der Waals surface area contributed by atoms with Crippen LogP contribution in [0.4, 0.5) is 0 Å². The fourth-order valence-electron chi connectivity index (χ4n) is 3.17. The number of ether oxygens (including phenoxy) is 1. The molecule has 6 nitrogen and oxygen atoms in total. The number of carbonyl (C=O) groups excluding carboxylic acids is 1. The summed E-state index contributed by atoms with van der Waals surface area (Å²) in [5.74, 6) is 1.49. The van der Waals surface area contributed by atoms with E-state index in [1.54, 1.807) is 6.07 Å². The van der Waals surface area contributed by atoms with E-state index in [0.29, 0.717) is 31.2 Å². The van der Waals surface area contributed by atoms with Gasteiger partial charge in [-0.05, 0) is 45.7 Å². The predicted molar refractivity (Wildman–Crippen MR) is 87.4 cm³/mol. The van der Waals surface area contributed by atoms with E-state index in [4.69, 9.17) is 4.74 Å². The maximum atomic E-state index is 12.7. The minimum atomic E-state index is -0.0169. The number of aryl methyl sites for hydroxylation is 2. The second-order valence-electron chi connectivity index (χ2n) is 6.85. The highest BCUT2D eigenvalue weighted by molar-refractivity contribution is 5.92. The smallest absolute Gasteiger partial charge is 0.272 e. The second kappa shape index (κ2) is 6.93. The summed E-state index contributed by atoms with van der Waals surface area (Å²) in [6.45, 7) is 7.58. The molecule has 1 aliphatic heterocycles. The summed E-state index contributed by atoms with van der Waals surface area (Å²) in [6, 6.07) is 1.76. The van der Waals surface area contributed by atoms with Crippen molar-refractivity contribution in [1.82, 2.24) is 19.8 Å². The Kier molecular flexibility index (Phi) is 4.92. The van der Waals surface area contributed by atoms with Crippen LogP contribution in [0, 0.1) is 19.8 Å². The molecular formula is C17H26N4O2. The Morgan fingerprint density at radius 2 is 2.13 bits per heavy atom. The number of hydrogen-bond acceptors (Lipinski definition) is 5. The first-order valence-corrected chi connectivity index (χ1v) is 8.43. The minimum Gasteiger partial charge on any atom is -0.373 e. The van der Waals surface area contributed by atoms with Gasteiger partial charge in [0.1, 0.15) is 11.5 Å². The number of likely N-dealkylation sites (N-methyl/N-ethyl adjacent to an activating group) is 1. The number of amides is 1. The van der Waals surface area contributed by atoms with Crippen LogP contribution in [-0.4, -0.2) is 71.6 Å². The van der Waals surface area contributed by atoms with Crippen molar-refractivity contribution in [2.75, 3.05) is 39.8 Å². The third-order valence-corrected chi connectivity index (χ3v) is 4.39. The average molecular weight is 318 g/mol. The van der Waals surface area contributed by atoms with Crippen LogP contribution >= 0.6 is 0 Å². The van der Waals surface area contributed by atoms with Gasteiger partial charge in [-0.3, -0.25) is 4.79 Å². The van der Waals surface area contributed by atoms with Gasteiger partial charge in [0.25, 0.3) is 5.91 Å². The summed E-state index contributed by atoms with van der Waals surface area (Å²) in [5.41, 5.74) is 1.32. The zero-order chi connectivity index (χ0) is 16.4. The lowest BCUT2D eigenvalue weighted by atomic mass is 10.2. The first-order chi connectivity index (χ1) is 11.0. The van der Waals surface area contributed by atoms with Gasteiger partial charge in [-0.1, -0.05) is 0 Å². The maximum absolute atomic E-state index is 12.7. The van der Waals surface area contributed by atoms with Crippen molar-refractivity contribution in [2.45, 2.75) is 32.8 Å². The first-order valence-electron chi connectivity index (χ1n) is 8.43. The highest BCUT2D eigenvalue weighted by Crippen LogP contribution is 2.29. The molecule has 2 aliphatic rings. The summed E-state index contributed by atoms with van der Waals surface area (Å²) in [7, 11) is 2.14. The molecule has 1 atom stereocenters. The van der Waals surface area contributed by atoms with Crippen LogP contribution in [0.2, 0.25) is 0 Å². The molecule has 1 aromatic heterocycles. The van der Waals surface area contributed by atoms with Crippen LogP contribution in [0.25, 0.3) is 0 Å². The molecule has 0 radical (unpaired) electrons. The highest BCUT2D eigenvalue weighted by Gasteiger charge is 2.28. The van der Waals surface area contributed by atoms with E-state index in [1.165, 1.54) is 12.8 Å². The van der Waals surface area contributed by atoms with E-state index < -0.39 is 0 Å². The number of aromatic nitrogens is 2. The average Bonchev–Trinajstić information content (AvgIpc) is 3.29. The van der Waals surface area contributed by atoms with Gasteiger partial charge in [-0.15, -0.1) is 0 Å². The van der Waals surface area contributed by atoms with Gasteiger partial charge >= 0.3 is 0 Å². The zero-order valence-electron chi connectivity index (χ0n) is 14.3. The van der Waals surface area contributed by atoms with Crippen molar-refractivity contribution in [3.05, 3.63) is 23.3 Å². The lowest BCUT2D eigenvalue weighted by Gasteiger charge is -2.34. The standard InChI is InChI=1S/C17H26N4O2/c1-12-8-16(19-13(2)18-12)17(22)21-6-7-23-15(11-21)10-20(3)9-14-4-5-14/h8,14-15H,4-7,9-11H2,1-3H3/t15-/m1/s1. The molecule has 1 aromatic rings. The molecular weight excluding hydrogens is 292 g/mol. The third kappa shape index (κ3) is 4.48. The molecule has 2 heterocycles. The van der Waals surface area contributed by atoms with Crippen molar-refractivity contribution in [2.24, 2.45) is 5.92 Å². The van der Waals surface area contributed by atoms with Crippen molar-refractivity contribution in [1.29, 1.82) is 0 Å². The van der Waals surface area contributed by atoms with Crippen LogP contribution in [0.15, 0.2) is 6.07 Å². The summed E-state index contributed by atoms with van der Waals surface area (Å²) in [6.07, 6.45) is 2.79. The summed E-state index contributed by atoms with van der Waals surface area (Å²) in [4.78, 5) is 25.4. The molecule has 0 unspecified atom stereocenters. The molecule has 1 saturated heterocycles. The first kappa shape index (κ1) is 16.3. The largest absolute Gasteiger partial charge is 0.373 e. The van der Waals surface area contributed by atoms with Gasteiger partial charge in [0.2, 0.25) is 0 Å². The summed E-state index contributed by atoms with van der Waals surface area (Å²) < 4.78 is 5.85. The lowest BCUT2D eigenvalue weighted by Crippen LogP contribution is -2.49. The number of nitrogens with zero attached hydrogens (tertiary/aromatic N) is 4. The molecule has 126 valence electrons. The van der Waals surface area contributed by atoms with E-state index in [2.05, 4.69) is 21.9 Å². The Bertz CT molecular complexity index is 553. The van der Waals surface area contributed by atoms with E-state index in [-0.39, 0.29) is 12.0 Å². The van der Waals surface area contributed by atoms with E-state index in [0.717, 1.165) is 24.7 Å². The van der Waals surface area contributed by atoms with Gasteiger partial charge in [0, 0.05) is 31.9 Å². The summed E-state index contributed by atoms with van der Waals surface area (Å²) in [5, 5.41) is 0. The molecule has 1 saturated carbocycles. The lowest BCUT2D eigenvalue weighted by molar-refractivity contribution is -0.0335. The van der Waals surface area contributed by atoms with Gasteiger partial charge in [-0.25, -0.2) is 9.97 Å². The van der Waals surface area contributed by atoms with E-state index >= 15 is 0 Å². The Morgan fingerprint density at radius 1 is 1.35 bits per heavy atom. The van der Waals surface area contributed by atoms with Gasteiger partial charge in [0.05, 0.1) is 12.7 Å². The van der Waals surface area contributed by atoms with Crippen molar-refractivity contribution in [3.8, 4) is 0 Å². The van der Waals surface area contributed by atoms with Crippen LogP contribution in [0.3, 0.4) is 0 Å². The molecule has 0 aromatic carbocycles. The fourth-order valence-corrected chi connectivity index (χ4v) is 3.17. The maximum Gasteiger partial charge on any atom is 0.272 e. The highest BCUT2D eigenvalue weighted by atomic mass is 16.5. The monoisotopic (exact) mass is 318 g/mol. The number of rotatable bonds is 5. The van der Waals surface area contributed by atoms with Crippen LogP contribution in [-0.2, 0) is 4.74 Å². The Hall–Kier alpha value is -1.53. The molecule has 3 rings (SSSR count). The Morgan fingerprint density at radius 3 is 2.83 bits per heavy atom. The van der Waals surface area contributed by atoms with E-state index in [9.17, 15) is 4.79 Å². The van der Waals surface area contributed by atoms with Crippen molar-refractivity contribution >= 4 is 5.91 Å². The SMILES string of the molecule is Cc1cc(C(=O)N2CCO[C@H](CN(C)CC3CC3)C2)nc(C)n1. The molecule has 0 N–H and O–H groups in total. The fraction of sp³-hybridized carbons (Fsp3) is 0.706. The second-order valence-corrected chi connectivity index (χ2v) is 6.85. The van der Waals surface area contributed by atoms with Crippen molar-refractivity contribution < 1.29 is 9.53 Å². The molecule has 0 spiro atoms. The Balaban J connectivity index is 1.59. The molecule has 6 heteroatoms. The van der Waals surface area contributed by atoms with Crippen molar-refractivity contribution in [3.63, 3.8) is 0 Å².